The van der Waals surface area contributed by atoms with E-state index < -0.39 is 0 Å². The van der Waals surface area contributed by atoms with Crippen molar-refractivity contribution in [2.24, 2.45) is 0 Å². The summed E-state index contributed by atoms with van der Waals surface area (Å²) in [7, 11) is 0. The highest BCUT2D eigenvalue weighted by Gasteiger charge is 2.29. The molecule has 2 aromatic heterocycles. The lowest BCUT2D eigenvalue weighted by Crippen LogP contribution is -2.26. The van der Waals surface area contributed by atoms with Gasteiger partial charge in [0.05, 0.1) is 0 Å². The van der Waals surface area contributed by atoms with E-state index in [9.17, 15) is 0 Å². The van der Waals surface area contributed by atoms with Crippen LogP contribution in [0.1, 0.15) is 30.4 Å². The molecule has 1 saturated heterocycles. The zero-order valence-electron chi connectivity index (χ0n) is 10.6. The second-order valence-electron chi connectivity index (χ2n) is 5.12. The summed E-state index contributed by atoms with van der Waals surface area (Å²) in [5.74, 6) is 0.716. The lowest BCUT2D eigenvalue weighted by Gasteiger charge is -2.20. The Morgan fingerprint density at radius 1 is 1.33 bits per heavy atom. The van der Waals surface area contributed by atoms with Crippen LogP contribution < -0.4 is 0 Å². The fourth-order valence-corrected chi connectivity index (χ4v) is 3.53. The van der Waals surface area contributed by atoms with E-state index in [4.69, 9.17) is 0 Å². The first kappa shape index (κ1) is 11.9. The molecule has 1 aliphatic rings. The zero-order chi connectivity index (χ0) is 12.4. The van der Waals surface area contributed by atoms with Gasteiger partial charge < -0.3 is 0 Å². The van der Waals surface area contributed by atoms with Gasteiger partial charge in [0.25, 0.3) is 0 Å². The Morgan fingerprint density at radius 3 is 2.89 bits per heavy atom. The molecule has 0 N–H and O–H groups in total. The largest absolute Gasteiger partial charge is 0.296 e. The normalized spacial score (nSPS) is 24.5. The fourth-order valence-electron chi connectivity index (χ4n) is 2.79. The summed E-state index contributed by atoms with van der Waals surface area (Å²) in [5.41, 5.74) is 2.88. The van der Waals surface area contributed by atoms with Crippen LogP contribution in [-0.2, 0) is 6.54 Å². The summed E-state index contributed by atoms with van der Waals surface area (Å²) in [6, 6.07) is 7.18. The first-order valence-corrected chi connectivity index (χ1v) is 7.42. The molecule has 2 nitrogen and oxygen atoms in total. The quantitative estimate of drug-likeness (QED) is 0.837. The Bertz CT molecular complexity index is 480. The van der Waals surface area contributed by atoms with E-state index in [-0.39, 0.29) is 0 Å². The summed E-state index contributed by atoms with van der Waals surface area (Å²) in [6.45, 7) is 4.57. The molecule has 2 unspecified atom stereocenters. The Labute approximate surface area is 112 Å². The minimum atomic E-state index is 0.670. The van der Waals surface area contributed by atoms with Crippen LogP contribution in [0.5, 0.6) is 0 Å². The third kappa shape index (κ3) is 2.47. The number of thiophene rings is 1. The van der Waals surface area contributed by atoms with Gasteiger partial charge in [-0.15, -0.1) is 0 Å². The Morgan fingerprint density at radius 2 is 2.17 bits per heavy atom. The highest BCUT2D eigenvalue weighted by molar-refractivity contribution is 7.07. The van der Waals surface area contributed by atoms with Crippen LogP contribution in [0, 0.1) is 0 Å². The van der Waals surface area contributed by atoms with Crippen molar-refractivity contribution >= 4 is 11.3 Å². The van der Waals surface area contributed by atoms with Crippen LogP contribution >= 0.6 is 11.3 Å². The predicted octanol–water partition coefficient (Wildman–Crippen LogP) is 3.52. The van der Waals surface area contributed by atoms with Crippen LogP contribution in [0.4, 0.5) is 0 Å². The molecule has 1 aliphatic heterocycles. The highest BCUT2D eigenvalue weighted by Crippen LogP contribution is 2.33. The third-order valence-corrected chi connectivity index (χ3v) is 4.55. The van der Waals surface area contributed by atoms with Gasteiger partial charge in [-0.05, 0) is 59.3 Å². The molecule has 0 radical (unpaired) electrons. The minimum absolute atomic E-state index is 0.670. The number of hydrogen-bond donors (Lipinski definition) is 0. The molecule has 18 heavy (non-hydrogen) atoms. The van der Waals surface area contributed by atoms with E-state index in [0.717, 1.165) is 6.54 Å². The van der Waals surface area contributed by atoms with E-state index in [2.05, 4.69) is 45.8 Å². The van der Waals surface area contributed by atoms with Crippen molar-refractivity contribution < 1.29 is 0 Å². The third-order valence-electron chi connectivity index (χ3n) is 3.85. The maximum atomic E-state index is 4.08. The second kappa shape index (κ2) is 5.21. The summed E-state index contributed by atoms with van der Waals surface area (Å²) < 4.78 is 0. The summed E-state index contributed by atoms with van der Waals surface area (Å²) in [5, 5.41) is 4.48. The van der Waals surface area contributed by atoms with Crippen LogP contribution in [0.3, 0.4) is 0 Å². The monoisotopic (exact) mass is 258 g/mol. The zero-order valence-corrected chi connectivity index (χ0v) is 11.4. The van der Waals surface area contributed by atoms with Crippen LogP contribution in [0.2, 0.25) is 0 Å². The van der Waals surface area contributed by atoms with Crippen molar-refractivity contribution in [1.82, 2.24) is 9.88 Å². The number of hydrogen-bond acceptors (Lipinski definition) is 3. The summed E-state index contributed by atoms with van der Waals surface area (Å²) >= 11 is 1.81. The number of nitrogens with zero attached hydrogens (tertiary/aromatic N) is 2. The topological polar surface area (TPSA) is 16.1 Å². The minimum Gasteiger partial charge on any atom is -0.296 e. The van der Waals surface area contributed by atoms with Gasteiger partial charge in [-0.25, -0.2) is 0 Å². The average Bonchev–Trinajstić information content (AvgIpc) is 3.01. The molecule has 0 saturated carbocycles. The van der Waals surface area contributed by atoms with E-state index in [1.54, 1.807) is 11.3 Å². The number of rotatable bonds is 3. The molecule has 0 aliphatic carbocycles. The van der Waals surface area contributed by atoms with Crippen LogP contribution in [0.25, 0.3) is 0 Å². The lowest BCUT2D eigenvalue weighted by molar-refractivity contribution is 0.259. The second-order valence-corrected chi connectivity index (χ2v) is 5.90. The van der Waals surface area contributed by atoms with Gasteiger partial charge in [-0.1, -0.05) is 0 Å². The maximum absolute atomic E-state index is 4.08. The molecule has 0 bridgehead atoms. The van der Waals surface area contributed by atoms with E-state index >= 15 is 0 Å². The predicted molar refractivity (Wildman–Crippen MR) is 75.8 cm³/mol. The molecular weight excluding hydrogens is 240 g/mol. The SMILES string of the molecule is CC1CC(c2ccsc2)CN1Cc1ccncc1. The lowest BCUT2D eigenvalue weighted by atomic mass is 10.00. The molecule has 1 fully saturated rings. The molecule has 2 atom stereocenters. The molecule has 0 amide bonds. The van der Waals surface area contributed by atoms with Gasteiger partial charge in [0.1, 0.15) is 0 Å². The summed E-state index contributed by atoms with van der Waals surface area (Å²) in [4.78, 5) is 6.66. The van der Waals surface area contributed by atoms with Crippen molar-refractivity contribution in [3.63, 3.8) is 0 Å². The van der Waals surface area contributed by atoms with Crippen molar-refractivity contribution in [2.75, 3.05) is 6.54 Å². The van der Waals surface area contributed by atoms with Crippen LogP contribution in [0.15, 0.2) is 41.4 Å². The van der Waals surface area contributed by atoms with Gasteiger partial charge >= 0.3 is 0 Å². The van der Waals surface area contributed by atoms with Gasteiger partial charge in [0.2, 0.25) is 0 Å². The summed E-state index contributed by atoms with van der Waals surface area (Å²) in [6.07, 6.45) is 5.04. The van der Waals surface area contributed by atoms with Crippen LogP contribution in [-0.4, -0.2) is 22.5 Å². The van der Waals surface area contributed by atoms with Crippen molar-refractivity contribution in [3.8, 4) is 0 Å². The van der Waals surface area contributed by atoms with Crippen molar-refractivity contribution in [3.05, 3.63) is 52.5 Å². The van der Waals surface area contributed by atoms with Gasteiger partial charge in [0, 0.05) is 31.5 Å². The van der Waals surface area contributed by atoms with E-state index in [1.807, 2.05) is 12.4 Å². The van der Waals surface area contributed by atoms with Gasteiger partial charge in [-0.3, -0.25) is 9.88 Å². The Balaban J connectivity index is 1.68. The van der Waals surface area contributed by atoms with E-state index in [0.29, 0.717) is 12.0 Å². The maximum Gasteiger partial charge on any atom is 0.0271 e. The first-order chi connectivity index (χ1) is 8.83. The number of pyridine rings is 1. The standard InChI is InChI=1S/C15H18N2S/c1-12-8-15(14-4-7-18-11-14)10-17(12)9-13-2-5-16-6-3-13/h2-7,11-12,15H,8-10H2,1H3. The first-order valence-electron chi connectivity index (χ1n) is 6.48. The smallest absolute Gasteiger partial charge is 0.0271 e. The Hall–Kier alpha value is -1.19. The molecule has 3 rings (SSSR count). The molecular formula is C15H18N2S. The Kier molecular flexibility index (Phi) is 3.43. The number of aromatic nitrogens is 1. The molecule has 94 valence electrons. The molecule has 0 aromatic carbocycles. The average molecular weight is 258 g/mol. The van der Waals surface area contributed by atoms with Crippen molar-refractivity contribution in [1.29, 1.82) is 0 Å². The van der Waals surface area contributed by atoms with Crippen molar-refractivity contribution in [2.45, 2.75) is 31.8 Å². The molecule has 3 heterocycles. The molecule has 3 heteroatoms. The van der Waals surface area contributed by atoms with Gasteiger partial charge in [-0.2, -0.15) is 11.3 Å². The highest BCUT2D eigenvalue weighted by atomic mass is 32.1. The number of likely N-dealkylation sites (tertiary alicyclic amines) is 1. The van der Waals surface area contributed by atoms with E-state index in [1.165, 1.54) is 24.1 Å². The fraction of sp³-hybridized carbons (Fsp3) is 0.400. The molecule has 0 spiro atoms. The van der Waals surface area contributed by atoms with Gasteiger partial charge in [0.15, 0.2) is 0 Å². The molecule has 2 aromatic rings.